The summed E-state index contributed by atoms with van der Waals surface area (Å²) >= 11 is 0. The van der Waals surface area contributed by atoms with E-state index in [1.54, 1.807) is 0 Å². The Hall–Kier alpha value is -2.52. The predicted molar refractivity (Wildman–Crippen MR) is 93.7 cm³/mol. The molecule has 1 aliphatic rings. The van der Waals surface area contributed by atoms with E-state index in [0.717, 1.165) is 29.5 Å². The van der Waals surface area contributed by atoms with Gasteiger partial charge in [-0.3, -0.25) is 9.59 Å². The Morgan fingerprint density at radius 3 is 2.58 bits per heavy atom. The first-order valence-corrected chi connectivity index (χ1v) is 9.56. The number of amides is 1. The van der Waals surface area contributed by atoms with Gasteiger partial charge < -0.3 is 9.88 Å². The Balaban J connectivity index is 1.79. The molecule has 7 nitrogen and oxygen atoms in total. The third-order valence-electron chi connectivity index (χ3n) is 4.08. The zero-order valence-electron chi connectivity index (χ0n) is 13.9. The van der Waals surface area contributed by atoms with Crippen LogP contribution in [0.5, 0.6) is 0 Å². The van der Waals surface area contributed by atoms with Gasteiger partial charge in [0.05, 0.1) is 4.90 Å². The number of hydrogen-bond acceptors (Lipinski definition) is 4. The molecule has 0 atom stereocenters. The summed E-state index contributed by atoms with van der Waals surface area (Å²) in [5.74, 6) is -1.06. The molecular formula is C17H18FN3O4S. The molecule has 26 heavy (non-hydrogen) atoms. The molecule has 0 saturated carbocycles. The molecule has 1 saturated heterocycles. The van der Waals surface area contributed by atoms with E-state index in [1.165, 1.54) is 34.8 Å². The molecule has 0 aliphatic carbocycles. The van der Waals surface area contributed by atoms with E-state index in [0.29, 0.717) is 13.1 Å². The molecule has 0 unspecified atom stereocenters. The number of nitrogens with zero attached hydrogens (tertiary/aromatic N) is 2. The molecule has 0 radical (unpaired) electrons. The van der Waals surface area contributed by atoms with Crippen LogP contribution < -0.4 is 10.9 Å². The molecule has 2 heterocycles. The first kappa shape index (κ1) is 18.3. The van der Waals surface area contributed by atoms with E-state index >= 15 is 0 Å². The van der Waals surface area contributed by atoms with Crippen LogP contribution in [0, 0.1) is 5.82 Å². The predicted octanol–water partition coefficient (Wildman–Crippen LogP) is 1.41. The third kappa shape index (κ3) is 4.00. The van der Waals surface area contributed by atoms with Crippen LogP contribution >= 0.6 is 0 Å². The van der Waals surface area contributed by atoms with Crippen molar-refractivity contribution < 1.29 is 17.6 Å². The summed E-state index contributed by atoms with van der Waals surface area (Å²) < 4.78 is 40.7. The summed E-state index contributed by atoms with van der Waals surface area (Å²) in [6.45, 7) is 0.516. The van der Waals surface area contributed by atoms with Gasteiger partial charge in [0.2, 0.25) is 15.9 Å². The van der Waals surface area contributed by atoms with Gasteiger partial charge in [-0.2, -0.15) is 4.31 Å². The molecule has 1 N–H and O–H groups in total. The Bertz CT molecular complexity index is 981. The van der Waals surface area contributed by atoms with Crippen molar-refractivity contribution in [3.8, 4) is 0 Å². The Kier molecular flexibility index (Phi) is 5.19. The maximum Gasteiger partial charge on any atom is 0.251 e. The van der Waals surface area contributed by atoms with Crippen molar-refractivity contribution in [2.75, 3.05) is 18.4 Å². The average molecular weight is 379 g/mol. The number of halogens is 1. The van der Waals surface area contributed by atoms with Crippen molar-refractivity contribution in [2.45, 2.75) is 24.3 Å². The molecule has 1 aromatic carbocycles. The quantitative estimate of drug-likeness (QED) is 0.851. The minimum Gasteiger partial charge on any atom is -0.324 e. The molecule has 0 spiro atoms. The SMILES string of the molecule is O=C(Cn1cc(S(=O)(=O)N2CCCC2)ccc1=O)Nc1cccc(F)c1. The van der Waals surface area contributed by atoms with Gasteiger partial charge in [0.25, 0.3) is 5.56 Å². The van der Waals surface area contributed by atoms with Gasteiger partial charge in [-0.15, -0.1) is 0 Å². The average Bonchev–Trinajstić information content (AvgIpc) is 3.12. The summed E-state index contributed by atoms with van der Waals surface area (Å²) in [6, 6.07) is 7.72. The minimum absolute atomic E-state index is 0.0300. The maximum absolute atomic E-state index is 13.2. The van der Waals surface area contributed by atoms with Crippen molar-refractivity contribution >= 4 is 21.6 Å². The molecular weight excluding hydrogens is 361 g/mol. The van der Waals surface area contributed by atoms with Crippen molar-refractivity contribution in [2.24, 2.45) is 0 Å². The summed E-state index contributed by atoms with van der Waals surface area (Å²) in [5.41, 5.74) is -0.247. The number of pyridine rings is 1. The summed E-state index contributed by atoms with van der Waals surface area (Å²) in [5, 5.41) is 2.47. The van der Waals surface area contributed by atoms with Gasteiger partial charge in [-0.05, 0) is 37.1 Å². The highest BCUT2D eigenvalue weighted by Gasteiger charge is 2.27. The van der Waals surface area contributed by atoms with Crippen LogP contribution in [0.2, 0.25) is 0 Å². The maximum atomic E-state index is 13.2. The van der Waals surface area contributed by atoms with Crippen LogP contribution in [0.4, 0.5) is 10.1 Å². The zero-order chi connectivity index (χ0) is 18.7. The van der Waals surface area contributed by atoms with Gasteiger partial charge >= 0.3 is 0 Å². The number of hydrogen-bond donors (Lipinski definition) is 1. The number of carbonyl (C=O) groups excluding carboxylic acids is 1. The van der Waals surface area contributed by atoms with E-state index in [1.807, 2.05) is 0 Å². The molecule has 1 aliphatic heterocycles. The summed E-state index contributed by atoms with van der Waals surface area (Å²) in [4.78, 5) is 24.1. The molecule has 1 amide bonds. The summed E-state index contributed by atoms with van der Waals surface area (Å²) in [7, 11) is -3.69. The highest BCUT2D eigenvalue weighted by atomic mass is 32.2. The normalized spacial score (nSPS) is 15.1. The van der Waals surface area contributed by atoms with Crippen LogP contribution in [0.3, 0.4) is 0 Å². The van der Waals surface area contributed by atoms with Crippen LogP contribution in [0.1, 0.15) is 12.8 Å². The highest BCUT2D eigenvalue weighted by Crippen LogP contribution is 2.19. The van der Waals surface area contributed by atoms with Crippen molar-refractivity contribution in [3.05, 3.63) is 58.8 Å². The first-order valence-electron chi connectivity index (χ1n) is 8.12. The van der Waals surface area contributed by atoms with Crippen molar-refractivity contribution in [1.29, 1.82) is 0 Å². The largest absolute Gasteiger partial charge is 0.324 e. The lowest BCUT2D eigenvalue weighted by Gasteiger charge is -2.16. The molecule has 1 aromatic heterocycles. The summed E-state index contributed by atoms with van der Waals surface area (Å²) in [6.07, 6.45) is 2.77. The third-order valence-corrected chi connectivity index (χ3v) is 5.96. The van der Waals surface area contributed by atoms with Crippen LogP contribution in [-0.4, -0.2) is 36.3 Å². The van der Waals surface area contributed by atoms with Crippen LogP contribution in [-0.2, 0) is 21.4 Å². The number of carbonyl (C=O) groups is 1. The van der Waals surface area contributed by atoms with E-state index in [2.05, 4.69) is 5.32 Å². The molecule has 9 heteroatoms. The van der Waals surface area contributed by atoms with Gasteiger partial charge in [0.1, 0.15) is 12.4 Å². The number of rotatable bonds is 5. The van der Waals surface area contributed by atoms with Gasteiger partial charge in [-0.25, -0.2) is 12.8 Å². The molecule has 138 valence electrons. The Morgan fingerprint density at radius 2 is 1.88 bits per heavy atom. The van der Waals surface area contributed by atoms with Crippen molar-refractivity contribution in [1.82, 2.24) is 8.87 Å². The van der Waals surface area contributed by atoms with Gasteiger partial charge in [0, 0.05) is 31.0 Å². The lowest BCUT2D eigenvalue weighted by atomic mass is 10.3. The fourth-order valence-electron chi connectivity index (χ4n) is 2.78. The number of benzene rings is 1. The Morgan fingerprint density at radius 1 is 1.15 bits per heavy atom. The molecule has 3 rings (SSSR count). The fourth-order valence-corrected chi connectivity index (χ4v) is 4.32. The smallest absolute Gasteiger partial charge is 0.251 e. The second-order valence-electron chi connectivity index (χ2n) is 6.00. The fraction of sp³-hybridized carbons (Fsp3) is 0.294. The zero-order valence-corrected chi connectivity index (χ0v) is 14.7. The van der Waals surface area contributed by atoms with E-state index in [-0.39, 0.29) is 17.1 Å². The number of aromatic nitrogens is 1. The van der Waals surface area contributed by atoms with E-state index in [4.69, 9.17) is 0 Å². The lowest BCUT2D eigenvalue weighted by molar-refractivity contribution is -0.116. The second kappa shape index (κ2) is 7.38. The molecule has 1 fully saturated rings. The lowest BCUT2D eigenvalue weighted by Crippen LogP contribution is -2.31. The van der Waals surface area contributed by atoms with E-state index in [9.17, 15) is 22.4 Å². The van der Waals surface area contributed by atoms with Gasteiger partial charge in [0.15, 0.2) is 0 Å². The number of nitrogens with one attached hydrogen (secondary N) is 1. The number of sulfonamides is 1. The van der Waals surface area contributed by atoms with E-state index < -0.39 is 27.3 Å². The minimum atomic E-state index is -3.69. The van der Waals surface area contributed by atoms with Crippen LogP contribution in [0.15, 0.2) is 52.3 Å². The highest BCUT2D eigenvalue weighted by molar-refractivity contribution is 7.89. The topological polar surface area (TPSA) is 88.5 Å². The van der Waals surface area contributed by atoms with Crippen LogP contribution in [0.25, 0.3) is 0 Å². The first-order chi connectivity index (χ1) is 12.4. The van der Waals surface area contributed by atoms with Crippen molar-refractivity contribution in [3.63, 3.8) is 0 Å². The number of anilines is 1. The van der Waals surface area contributed by atoms with Gasteiger partial charge in [-0.1, -0.05) is 6.07 Å². The molecule has 0 bridgehead atoms. The molecule has 2 aromatic rings. The monoisotopic (exact) mass is 379 g/mol. The standard InChI is InChI=1S/C17H18FN3O4S/c18-13-4-3-5-14(10-13)19-16(22)12-20-11-15(6-7-17(20)23)26(24,25)21-8-1-2-9-21/h3-7,10-11H,1-2,8-9,12H2,(H,19,22). The Labute approximate surface area is 150 Å². The second-order valence-corrected chi connectivity index (χ2v) is 7.94.